The van der Waals surface area contributed by atoms with Crippen LogP contribution in [0.3, 0.4) is 0 Å². The summed E-state index contributed by atoms with van der Waals surface area (Å²) in [4.78, 5) is 1.32. The van der Waals surface area contributed by atoms with Crippen LogP contribution in [0.5, 0.6) is 17.2 Å². The molecule has 0 unspecified atom stereocenters. The molecule has 1 N–H and O–H groups in total. The molecule has 3 rings (SSSR count). The number of rotatable bonds is 8. The van der Waals surface area contributed by atoms with E-state index in [0.717, 1.165) is 30.8 Å². The third kappa shape index (κ3) is 5.20. The molecule has 0 saturated carbocycles. The van der Waals surface area contributed by atoms with E-state index in [-0.39, 0.29) is 5.75 Å². The van der Waals surface area contributed by atoms with Gasteiger partial charge in [-0.1, -0.05) is 30.3 Å². The highest BCUT2D eigenvalue weighted by Gasteiger charge is 2.29. The lowest BCUT2D eigenvalue weighted by atomic mass is 10.1. The van der Waals surface area contributed by atoms with E-state index >= 15 is 0 Å². The van der Waals surface area contributed by atoms with E-state index in [1.165, 1.54) is 4.90 Å². The molecule has 8 heteroatoms. The van der Waals surface area contributed by atoms with Gasteiger partial charge in [0.15, 0.2) is 11.5 Å². The van der Waals surface area contributed by atoms with Crippen LogP contribution < -0.4 is 19.1 Å². The molecular formula is C21H29N2O5S+. The summed E-state index contributed by atoms with van der Waals surface area (Å²) >= 11 is 0. The first-order valence-electron chi connectivity index (χ1n) is 9.61. The van der Waals surface area contributed by atoms with E-state index in [1.54, 1.807) is 25.6 Å². The molecule has 29 heavy (non-hydrogen) atoms. The quantitative estimate of drug-likeness (QED) is 0.687. The minimum absolute atomic E-state index is 0.0516. The smallest absolute Gasteiger partial charge is 0.218 e. The third-order valence-corrected chi connectivity index (χ3v) is 7.04. The van der Waals surface area contributed by atoms with Crippen LogP contribution in [0.25, 0.3) is 0 Å². The number of nitrogens with one attached hydrogen (secondary N) is 1. The average molecular weight is 422 g/mol. The highest BCUT2D eigenvalue weighted by molar-refractivity contribution is 7.88. The van der Waals surface area contributed by atoms with E-state index in [1.807, 2.05) is 42.5 Å². The predicted octanol–water partition coefficient (Wildman–Crippen LogP) is 0.943. The number of methoxy groups -OCH3 is 3. The van der Waals surface area contributed by atoms with Crippen molar-refractivity contribution in [3.63, 3.8) is 0 Å². The van der Waals surface area contributed by atoms with Crippen LogP contribution in [0.4, 0.5) is 0 Å². The number of nitrogens with zero attached hydrogens (tertiary/aromatic N) is 1. The Labute approximate surface area is 172 Å². The van der Waals surface area contributed by atoms with E-state index in [2.05, 4.69) is 0 Å². The second-order valence-electron chi connectivity index (χ2n) is 7.10. The molecular weight excluding hydrogens is 392 g/mol. The molecule has 7 nitrogen and oxygen atoms in total. The average Bonchev–Trinajstić information content (AvgIpc) is 2.73. The SMILES string of the molecule is COc1cc(C[NH+]2CCN(S(=O)(=O)Cc3ccccc3)CC2)cc(OC)c1OC. The summed E-state index contributed by atoms with van der Waals surface area (Å²) < 4.78 is 43.3. The number of quaternary nitrogens is 1. The Bertz CT molecular complexity index is 885. The first-order chi connectivity index (χ1) is 14.0. The van der Waals surface area contributed by atoms with Crippen molar-refractivity contribution in [3.05, 3.63) is 53.6 Å². The fraction of sp³-hybridized carbons (Fsp3) is 0.429. The van der Waals surface area contributed by atoms with Crippen molar-refractivity contribution in [2.45, 2.75) is 12.3 Å². The first-order valence-corrected chi connectivity index (χ1v) is 11.2. The molecule has 0 radical (unpaired) electrons. The molecule has 1 aliphatic heterocycles. The number of hydrogen-bond acceptors (Lipinski definition) is 5. The van der Waals surface area contributed by atoms with Gasteiger partial charge in [0.05, 0.1) is 53.3 Å². The molecule has 1 heterocycles. The normalized spacial score (nSPS) is 15.8. The van der Waals surface area contributed by atoms with Crippen LogP contribution in [-0.2, 0) is 22.3 Å². The molecule has 1 saturated heterocycles. The van der Waals surface area contributed by atoms with Gasteiger partial charge in [0, 0.05) is 5.56 Å². The first kappa shape index (κ1) is 21.4. The summed E-state index contributed by atoms with van der Waals surface area (Å²) in [6.45, 7) is 3.32. The molecule has 0 aromatic heterocycles. The van der Waals surface area contributed by atoms with E-state index in [0.29, 0.717) is 30.3 Å². The topological polar surface area (TPSA) is 69.5 Å². The van der Waals surface area contributed by atoms with Crippen molar-refractivity contribution in [2.24, 2.45) is 0 Å². The summed E-state index contributed by atoms with van der Waals surface area (Å²) in [5.41, 5.74) is 1.88. The van der Waals surface area contributed by atoms with Crippen LogP contribution in [0, 0.1) is 0 Å². The molecule has 0 spiro atoms. The molecule has 1 aliphatic rings. The van der Waals surface area contributed by atoms with Crippen LogP contribution >= 0.6 is 0 Å². The van der Waals surface area contributed by atoms with Crippen molar-refractivity contribution < 1.29 is 27.5 Å². The molecule has 0 aliphatic carbocycles. The van der Waals surface area contributed by atoms with E-state index in [9.17, 15) is 8.42 Å². The Kier molecular flexibility index (Phi) is 7.00. The number of hydrogen-bond donors (Lipinski definition) is 1. The van der Waals surface area contributed by atoms with E-state index in [4.69, 9.17) is 14.2 Å². The van der Waals surface area contributed by atoms with Gasteiger partial charge < -0.3 is 19.1 Å². The zero-order chi connectivity index (χ0) is 20.9. The van der Waals surface area contributed by atoms with Gasteiger partial charge in [0.1, 0.15) is 6.54 Å². The summed E-state index contributed by atoms with van der Waals surface area (Å²) in [7, 11) is 1.49. The molecule has 0 bridgehead atoms. The lowest BCUT2D eigenvalue weighted by molar-refractivity contribution is -0.917. The Hall–Kier alpha value is -2.29. The lowest BCUT2D eigenvalue weighted by Gasteiger charge is -2.31. The Balaban J connectivity index is 1.63. The van der Waals surface area contributed by atoms with Crippen molar-refractivity contribution in [1.82, 2.24) is 4.31 Å². The van der Waals surface area contributed by atoms with E-state index < -0.39 is 10.0 Å². The molecule has 158 valence electrons. The Morgan fingerprint density at radius 3 is 2.00 bits per heavy atom. The fourth-order valence-corrected chi connectivity index (χ4v) is 5.19. The second-order valence-corrected chi connectivity index (χ2v) is 9.07. The van der Waals surface area contributed by atoms with Crippen LogP contribution in [0.2, 0.25) is 0 Å². The highest BCUT2D eigenvalue weighted by atomic mass is 32.2. The van der Waals surface area contributed by atoms with Gasteiger partial charge in [0.25, 0.3) is 0 Å². The second kappa shape index (κ2) is 9.47. The van der Waals surface area contributed by atoms with Crippen molar-refractivity contribution >= 4 is 10.0 Å². The summed E-state index contributed by atoms with van der Waals surface area (Å²) in [6, 6.07) is 13.2. The van der Waals surface area contributed by atoms with Crippen LogP contribution in [-0.4, -0.2) is 60.2 Å². The maximum Gasteiger partial charge on any atom is 0.218 e. The Morgan fingerprint density at radius 1 is 0.897 bits per heavy atom. The van der Waals surface area contributed by atoms with Crippen LogP contribution in [0.1, 0.15) is 11.1 Å². The summed E-state index contributed by atoms with van der Waals surface area (Å²) in [5, 5.41) is 0. The number of benzene rings is 2. The molecule has 2 aromatic rings. The molecule has 0 amide bonds. The highest BCUT2D eigenvalue weighted by Crippen LogP contribution is 2.38. The minimum atomic E-state index is -3.30. The Morgan fingerprint density at radius 2 is 1.48 bits per heavy atom. The standard InChI is InChI=1S/C21H28N2O5S/c1-26-19-13-18(14-20(27-2)21(19)28-3)15-22-9-11-23(12-10-22)29(24,25)16-17-7-5-4-6-8-17/h4-8,13-14H,9-12,15-16H2,1-3H3/p+1. The van der Waals surface area contributed by atoms with Gasteiger partial charge in [-0.15, -0.1) is 0 Å². The van der Waals surface area contributed by atoms with Gasteiger partial charge in [-0.3, -0.25) is 0 Å². The zero-order valence-corrected chi connectivity index (χ0v) is 18.0. The molecule has 1 fully saturated rings. The molecule has 0 atom stereocenters. The monoisotopic (exact) mass is 421 g/mol. The summed E-state index contributed by atoms with van der Waals surface area (Å²) in [5.74, 6) is 1.89. The molecule has 2 aromatic carbocycles. The maximum absolute atomic E-state index is 12.7. The minimum Gasteiger partial charge on any atom is -0.493 e. The van der Waals surface area contributed by atoms with Gasteiger partial charge >= 0.3 is 0 Å². The van der Waals surface area contributed by atoms with Gasteiger partial charge in [-0.25, -0.2) is 8.42 Å². The fourth-order valence-electron chi connectivity index (χ4n) is 3.66. The largest absolute Gasteiger partial charge is 0.493 e. The number of ether oxygens (including phenoxy) is 3. The lowest BCUT2D eigenvalue weighted by Crippen LogP contribution is -3.13. The zero-order valence-electron chi connectivity index (χ0n) is 17.2. The number of piperazine rings is 1. The van der Waals surface area contributed by atoms with Crippen LogP contribution in [0.15, 0.2) is 42.5 Å². The van der Waals surface area contributed by atoms with Crippen molar-refractivity contribution in [1.29, 1.82) is 0 Å². The van der Waals surface area contributed by atoms with Crippen molar-refractivity contribution in [2.75, 3.05) is 47.5 Å². The maximum atomic E-state index is 12.7. The third-order valence-electron chi connectivity index (χ3n) is 5.19. The predicted molar refractivity (Wildman–Crippen MR) is 111 cm³/mol. The van der Waals surface area contributed by atoms with Gasteiger partial charge in [0.2, 0.25) is 15.8 Å². The van der Waals surface area contributed by atoms with Gasteiger partial charge in [-0.05, 0) is 17.7 Å². The van der Waals surface area contributed by atoms with Crippen molar-refractivity contribution in [3.8, 4) is 17.2 Å². The summed E-state index contributed by atoms with van der Waals surface area (Å²) in [6.07, 6.45) is 0. The number of sulfonamides is 1. The van der Waals surface area contributed by atoms with Gasteiger partial charge in [-0.2, -0.15) is 4.31 Å².